The number of ether oxygens (including phenoxy) is 1. The molecule has 31 heavy (non-hydrogen) atoms. The molecule has 7 nitrogen and oxygen atoms in total. The quantitative estimate of drug-likeness (QED) is 0.434. The van der Waals surface area contributed by atoms with E-state index in [4.69, 9.17) is 16.3 Å². The van der Waals surface area contributed by atoms with Crippen molar-refractivity contribution in [1.82, 2.24) is 15.0 Å². The summed E-state index contributed by atoms with van der Waals surface area (Å²) < 4.78 is 32.5. The molecule has 0 atom stereocenters. The number of aromatic nitrogens is 1. The normalized spacial score (nSPS) is 11.3. The van der Waals surface area contributed by atoms with Crippen molar-refractivity contribution < 1.29 is 17.9 Å². The van der Waals surface area contributed by atoms with Gasteiger partial charge < -0.3 is 10.1 Å². The molecule has 0 saturated heterocycles. The van der Waals surface area contributed by atoms with Gasteiger partial charge in [-0.3, -0.25) is 4.79 Å². The molecule has 10 heteroatoms. The van der Waals surface area contributed by atoms with Crippen molar-refractivity contribution in [3.63, 3.8) is 0 Å². The van der Waals surface area contributed by atoms with Gasteiger partial charge in [0, 0.05) is 23.5 Å². The maximum Gasteiger partial charge on any atom is 0.240 e. The minimum atomic E-state index is -3.68. The highest BCUT2D eigenvalue weighted by molar-refractivity contribution is 7.89. The molecule has 3 aromatic rings. The predicted octanol–water partition coefficient (Wildman–Crippen LogP) is 3.50. The molecule has 3 rings (SSSR count). The zero-order valence-electron chi connectivity index (χ0n) is 16.8. The zero-order chi connectivity index (χ0) is 22.3. The number of benzene rings is 2. The van der Waals surface area contributed by atoms with Gasteiger partial charge in [-0.15, -0.1) is 11.3 Å². The molecular formula is C21H22ClN3O4S2. The highest BCUT2D eigenvalue weighted by atomic mass is 35.5. The fourth-order valence-corrected chi connectivity index (χ4v) is 4.95. The lowest BCUT2D eigenvalue weighted by Crippen LogP contribution is -2.35. The van der Waals surface area contributed by atoms with Crippen molar-refractivity contribution in [2.24, 2.45) is 0 Å². The van der Waals surface area contributed by atoms with Crippen molar-refractivity contribution >= 4 is 38.9 Å². The van der Waals surface area contributed by atoms with Crippen molar-refractivity contribution in [1.29, 1.82) is 0 Å². The van der Waals surface area contributed by atoms with E-state index in [0.29, 0.717) is 17.3 Å². The van der Waals surface area contributed by atoms with Crippen LogP contribution in [0.4, 0.5) is 0 Å². The Hall–Kier alpha value is -2.46. The minimum absolute atomic E-state index is 0.0602. The molecule has 0 unspecified atom stereocenters. The Morgan fingerprint density at radius 3 is 2.74 bits per heavy atom. The summed E-state index contributed by atoms with van der Waals surface area (Å²) >= 11 is 7.28. The Bertz CT molecular complexity index is 1150. The molecule has 2 N–H and O–H groups in total. The molecule has 0 aliphatic rings. The number of halogens is 1. The van der Waals surface area contributed by atoms with Crippen LogP contribution < -0.4 is 14.8 Å². The number of sulfonamides is 1. The van der Waals surface area contributed by atoms with Gasteiger partial charge in [0.05, 0.1) is 29.2 Å². The van der Waals surface area contributed by atoms with Gasteiger partial charge in [0.25, 0.3) is 0 Å². The average molecular weight is 480 g/mol. The van der Waals surface area contributed by atoms with Crippen LogP contribution in [0.3, 0.4) is 0 Å². The van der Waals surface area contributed by atoms with Crippen LogP contribution >= 0.6 is 22.9 Å². The monoisotopic (exact) mass is 479 g/mol. The molecule has 1 aromatic heterocycles. The first-order valence-electron chi connectivity index (χ1n) is 9.57. The number of nitrogens with one attached hydrogen (secondary N) is 2. The van der Waals surface area contributed by atoms with Crippen LogP contribution in [0, 0.1) is 0 Å². The van der Waals surface area contributed by atoms with E-state index < -0.39 is 10.0 Å². The van der Waals surface area contributed by atoms with Gasteiger partial charge in [-0.25, -0.2) is 18.1 Å². The van der Waals surface area contributed by atoms with Gasteiger partial charge in [-0.1, -0.05) is 29.8 Å². The Balaban J connectivity index is 1.50. The number of carbonyl (C=O) groups is 1. The second-order valence-electron chi connectivity index (χ2n) is 6.46. The van der Waals surface area contributed by atoms with Crippen molar-refractivity contribution in [2.45, 2.75) is 18.2 Å². The second-order valence-corrected chi connectivity index (χ2v) is 9.52. The minimum Gasteiger partial charge on any atom is -0.493 e. The number of hydrogen-bond acceptors (Lipinski definition) is 6. The molecule has 0 fully saturated rings. The number of thiazole rings is 1. The van der Waals surface area contributed by atoms with Gasteiger partial charge in [0.15, 0.2) is 0 Å². The average Bonchev–Trinajstić information content (AvgIpc) is 3.20. The van der Waals surface area contributed by atoms with E-state index in [-0.39, 0.29) is 30.3 Å². The molecule has 2 aromatic carbocycles. The van der Waals surface area contributed by atoms with E-state index in [2.05, 4.69) is 15.0 Å². The fourth-order valence-electron chi connectivity index (χ4n) is 2.77. The molecule has 0 radical (unpaired) electrons. The van der Waals surface area contributed by atoms with Crippen LogP contribution in [0.15, 0.2) is 58.8 Å². The Kier molecular flexibility index (Phi) is 8.03. The van der Waals surface area contributed by atoms with Gasteiger partial charge in [-0.2, -0.15) is 0 Å². The Labute approximate surface area is 190 Å². The van der Waals surface area contributed by atoms with Gasteiger partial charge in [-0.05, 0) is 37.3 Å². The van der Waals surface area contributed by atoms with E-state index in [1.54, 1.807) is 12.1 Å². The lowest BCUT2D eigenvalue weighted by molar-refractivity contribution is -0.120. The van der Waals surface area contributed by atoms with Crippen molar-refractivity contribution in [2.75, 3.05) is 19.7 Å². The first-order chi connectivity index (χ1) is 14.9. The van der Waals surface area contributed by atoms with E-state index in [0.717, 1.165) is 16.3 Å². The highest BCUT2D eigenvalue weighted by Crippen LogP contribution is 2.32. The maximum absolute atomic E-state index is 12.2. The van der Waals surface area contributed by atoms with Crippen LogP contribution in [0.2, 0.25) is 5.02 Å². The van der Waals surface area contributed by atoms with Gasteiger partial charge >= 0.3 is 0 Å². The van der Waals surface area contributed by atoms with E-state index in [1.807, 2.05) is 36.6 Å². The third kappa shape index (κ3) is 6.51. The standard InChI is InChI=1S/C21H22ClN3O4S2/c1-2-29-19-9-4-3-8-18(19)21-25-16(14-30-21)13-20(26)23-10-11-24-31(27,28)17-7-5-6-15(22)12-17/h3-9,12,14,24H,2,10-11,13H2,1H3,(H,23,26). The first kappa shape index (κ1) is 23.2. The number of rotatable bonds is 10. The third-order valence-electron chi connectivity index (χ3n) is 4.16. The van der Waals surface area contributed by atoms with E-state index >= 15 is 0 Å². The molecule has 0 aliphatic carbocycles. The highest BCUT2D eigenvalue weighted by Gasteiger charge is 2.15. The van der Waals surface area contributed by atoms with Crippen LogP contribution in [-0.4, -0.2) is 39.0 Å². The molecule has 0 saturated carbocycles. The molecule has 0 aliphatic heterocycles. The molecule has 0 spiro atoms. The van der Waals surface area contributed by atoms with Gasteiger partial charge in [0.2, 0.25) is 15.9 Å². The van der Waals surface area contributed by atoms with Crippen LogP contribution in [0.5, 0.6) is 5.75 Å². The van der Waals surface area contributed by atoms with Crippen molar-refractivity contribution in [3.8, 4) is 16.3 Å². The second kappa shape index (κ2) is 10.7. The Morgan fingerprint density at radius 2 is 1.97 bits per heavy atom. The summed E-state index contributed by atoms with van der Waals surface area (Å²) in [7, 11) is -3.68. The van der Waals surface area contributed by atoms with E-state index in [1.165, 1.54) is 23.5 Å². The molecule has 1 heterocycles. The summed E-state index contributed by atoms with van der Waals surface area (Å²) in [4.78, 5) is 16.8. The Morgan fingerprint density at radius 1 is 1.16 bits per heavy atom. The number of nitrogens with zero attached hydrogens (tertiary/aromatic N) is 1. The van der Waals surface area contributed by atoms with Crippen LogP contribution in [0.1, 0.15) is 12.6 Å². The van der Waals surface area contributed by atoms with E-state index in [9.17, 15) is 13.2 Å². The lowest BCUT2D eigenvalue weighted by Gasteiger charge is -2.08. The predicted molar refractivity (Wildman–Crippen MR) is 122 cm³/mol. The molecular weight excluding hydrogens is 458 g/mol. The summed E-state index contributed by atoms with van der Waals surface area (Å²) in [6.45, 7) is 2.69. The fraction of sp³-hybridized carbons (Fsp3) is 0.238. The number of carbonyl (C=O) groups excluding carboxylic acids is 1. The zero-order valence-corrected chi connectivity index (χ0v) is 19.2. The largest absolute Gasteiger partial charge is 0.493 e. The number of hydrogen-bond donors (Lipinski definition) is 2. The summed E-state index contributed by atoms with van der Waals surface area (Å²) in [6, 6.07) is 13.6. The third-order valence-corrected chi connectivity index (χ3v) is 6.77. The topological polar surface area (TPSA) is 97.4 Å². The maximum atomic E-state index is 12.2. The van der Waals surface area contributed by atoms with Crippen LogP contribution in [0.25, 0.3) is 10.6 Å². The summed E-state index contributed by atoms with van der Waals surface area (Å²) in [5.74, 6) is 0.513. The first-order valence-corrected chi connectivity index (χ1v) is 12.3. The smallest absolute Gasteiger partial charge is 0.240 e. The molecule has 0 bridgehead atoms. The number of amides is 1. The molecule has 164 valence electrons. The summed E-state index contributed by atoms with van der Waals surface area (Å²) in [6.07, 6.45) is 0.106. The van der Waals surface area contributed by atoms with Gasteiger partial charge in [0.1, 0.15) is 10.8 Å². The SMILES string of the molecule is CCOc1ccccc1-c1nc(CC(=O)NCCNS(=O)(=O)c2cccc(Cl)c2)cs1. The summed E-state index contributed by atoms with van der Waals surface area (Å²) in [5.41, 5.74) is 1.53. The lowest BCUT2D eigenvalue weighted by atomic mass is 10.2. The molecule has 1 amide bonds. The number of para-hydroxylation sites is 1. The van der Waals surface area contributed by atoms with Crippen LogP contribution in [-0.2, 0) is 21.2 Å². The van der Waals surface area contributed by atoms with Crippen molar-refractivity contribution in [3.05, 3.63) is 64.6 Å². The summed E-state index contributed by atoms with van der Waals surface area (Å²) in [5, 5.41) is 5.64.